The first kappa shape index (κ1) is 18.3. The minimum atomic E-state index is -3.23. The molecule has 1 atom stereocenters. The van der Waals surface area contributed by atoms with E-state index in [1.807, 2.05) is 0 Å². The molecule has 1 aliphatic rings. The molecular weight excluding hydrogens is 359 g/mol. The van der Waals surface area contributed by atoms with Crippen LogP contribution in [0.1, 0.15) is 18.4 Å². The molecule has 5 nitrogen and oxygen atoms in total. The SMILES string of the molecule is CS(=O)(=O)N1CCCC(NC(=O)/C=C/c2cc(Cl)ccc2Cl)C1. The van der Waals surface area contributed by atoms with Crippen LogP contribution in [-0.2, 0) is 14.8 Å². The number of nitrogens with one attached hydrogen (secondary N) is 1. The third-order valence-corrected chi connectivity index (χ3v) is 5.42. The second-order valence-electron chi connectivity index (χ2n) is 5.47. The standard InChI is InChI=1S/C15H18Cl2N2O3S/c1-23(21,22)19-8-2-3-13(10-19)18-15(20)7-4-11-9-12(16)5-6-14(11)17/h4-7,9,13H,2-3,8,10H2,1H3,(H,18,20)/b7-4+. The van der Waals surface area contributed by atoms with Crippen LogP contribution in [0.3, 0.4) is 0 Å². The van der Waals surface area contributed by atoms with Crippen molar-refractivity contribution in [1.82, 2.24) is 9.62 Å². The Kier molecular flexibility index (Phi) is 6.08. The lowest BCUT2D eigenvalue weighted by Gasteiger charge is -2.31. The molecule has 1 fully saturated rings. The fourth-order valence-corrected chi connectivity index (χ4v) is 3.69. The summed E-state index contributed by atoms with van der Waals surface area (Å²) in [5, 5.41) is 3.85. The second kappa shape index (κ2) is 7.66. The smallest absolute Gasteiger partial charge is 0.244 e. The van der Waals surface area contributed by atoms with E-state index in [1.54, 1.807) is 24.3 Å². The zero-order valence-electron chi connectivity index (χ0n) is 12.6. The van der Waals surface area contributed by atoms with Crippen LogP contribution in [0, 0.1) is 0 Å². The lowest BCUT2D eigenvalue weighted by molar-refractivity contribution is -0.117. The van der Waals surface area contributed by atoms with E-state index in [2.05, 4.69) is 5.32 Å². The molecule has 8 heteroatoms. The van der Waals surface area contributed by atoms with Crippen molar-refractivity contribution >= 4 is 45.2 Å². The molecule has 23 heavy (non-hydrogen) atoms. The number of carbonyl (C=O) groups is 1. The molecule has 1 amide bonds. The number of hydrogen-bond donors (Lipinski definition) is 1. The van der Waals surface area contributed by atoms with Gasteiger partial charge in [-0.2, -0.15) is 0 Å². The molecule has 0 radical (unpaired) electrons. The minimum Gasteiger partial charge on any atom is -0.348 e. The molecule has 1 saturated heterocycles. The van der Waals surface area contributed by atoms with Crippen molar-refractivity contribution in [3.8, 4) is 0 Å². The number of rotatable bonds is 4. The van der Waals surface area contributed by atoms with Gasteiger partial charge in [-0.05, 0) is 42.7 Å². The highest BCUT2D eigenvalue weighted by Crippen LogP contribution is 2.21. The Hall–Kier alpha value is -1.08. The van der Waals surface area contributed by atoms with Gasteiger partial charge in [0.1, 0.15) is 0 Å². The van der Waals surface area contributed by atoms with Gasteiger partial charge >= 0.3 is 0 Å². The first-order valence-electron chi connectivity index (χ1n) is 7.14. The zero-order valence-corrected chi connectivity index (χ0v) is 15.0. The average Bonchev–Trinajstić information content (AvgIpc) is 2.47. The van der Waals surface area contributed by atoms with Crippen LogP contribution < -0.4 is 5.32 Å². The molecule has 0 bridgehead atoms. The first-order chi connectivity index (χ1) is 10.8. The molecule has 2 rings (SSSR count). The van der Waals surface area contributed by atoms with Crippen molar-refractivity contribution in [1.29, 1.82) is 0 Å². The van der Waals surface area contributed by atoms with Crippen LogP contribution in [0.5, 0.6) is 0 Å². The highest BCUT2D eigenvalue weighted by molar-refractivity contribution is 7.88. The minimum absolute atomic E-state index is 0.189. The fraction of sp³-hybridized carbons (Fsp3) is 0.400. The van der Waals surface area contributed by atoms with Gasteiger partial charge in [0.25, 0.3) is 0 Å². The molecule has 1 unspecified atom stereocenters. The summed E-state index contributed by atoms with van der Waals surface area (Å²) in [5.74, 6) is -0.290. The monoisotopic (exact) mass is 376 g/mol. The maximum atomic E-state index is 12.0. The summed E-state index contributed by atoms with van der Waals surface area (Å²) in [6.45, 7) is 0.801. The summed E-state index contributed by atoms with van der Waals surface area (Å²) >= 11 is 11.9. The van der Waals surface area contributed by atoms with Crippen molar-refractivity contribution in [2.45, 2.75) is 18.9 Å². The number of nitrogens with zero attached hydrogens (tertiary/aromatic N) is 1. The normalized spacial score (nSPS) is 19.9. The molecule has 1 aliphatic heterocycles. The van der Waals surface area contributed by atoms with Gasteiger partial charge in [0.2, 0.25) is 15.9 Å². The summed E-state index contributed by atoms with van der Waals surface area (Å²) in [4.78, 5) is 12.0. The number of piperidine rings is 1. The van der Waals surface area contributed by atoms with Gasteiger partial charge in [0.05, 0.1) is 6.26 Å². The molecular formula is C15H18Cl2N2O3S. The van der Waals surface area contributed by atoms with Crippen LogP contribution in [0.2, 0.25) is 10.0 Å². The predicted molar refractivity (Wildman–Crippen MR) is 93.1 cm³/mol. The average molecular weight is 377 g/mol. The van der Waals surface area contributed by atoms with Crippen LogP contribution in [0.4, 0.5) is 0 Å². The van der Waals surface area contributed by atoms with Gasteiger partial charge in [0.15, 0.2) is 0 Å². The summed E-state index contributed by atoms with van der Waals surface area (Å²) in [6.07, 6.45) is 5.61. The third kappa shape index (κ3) is 5.49. The molecule has 0 aliphatic carbocycles. The lowest BCUT2D eigenvalue weighted by Crippen LogP contribution is -2.48. The number of sulfonamides is 1. The van der Waals surface area contributed by atoms with Gasteiger partial charge in [-0.3, -0.25) is 4.79 Å². The first-order valence-corrected chi connectivity index (χ1v) is 9.75. The maximum Gasteiger partial charge on any atom is 0.244 e. The van der Waals surface area contributed by atoms with E-state index in [4.69, 9.17) is 23.2 Å². The highest BCUT2D eigenvalue weighted by atomic mass is 35.5. The van der Waals surface area contributed by atoms with Crippen LogP contribution in [0.15, 0.2) is 24.3 Å². The number of benzene rings is 1. The zero-order chi connectivity index (χ0) is 17.0. The van der Waals surface area contributed by atoms with E-state index in [0.717, 1.165) is 12.8 Å². The Bertz CT molecular complexity index is 719. The molecule has 1 heterocycles. The van der Waals surface area contributed by atoms with Crippen LogP contribution in [-0.4, -0.2) is 44.0 Å². The van der Waals surface area contributed by atoms with E-state index in [9.17, 15) is 13.2 Å². The number of carbonyl (C=O) groups excluding carboxylic acids is 1. The summed E-state index contributed by atoms with van der Waals surface area (Å²) in [6, 6.07) is 4.81. The molecule has 0 spiro atoms. The van der Waals surface area contributed by atoms with Crippen molar-refractivity contribution < 1.29 is 13.2 Å². The predicted octanol–water partition coefficient (Wildman–Crippen LogP) is 2.55. The Morgan fingerprint density at radius 2 is 2.13 bits per heavy atom. The molecule has 0 saturated carbocycles. The molecule has 126 valence electrons. The summed E-state index contributed by atoms with van der Waals surface area (Å²) in [5.41, 5.74) is 0.649. The third-order valence-electron chi connectivity index (χ3n) is 3.57. The summed E-state index contributed by atoms with van der Waals surface area (Å²) in [7, 11) is -3.23. The van der Waals surface area contributed by atoms with E-state index < -0.39 is 10.0 Å². The number of halogens is 2. The van der Waals surface area contributed by atoms with Crippen molar-refractivity contribution in [2.75, 3.05) is 19.3 Å². The largest absolute Gasteiger partial charge is 0.348 e. The van der Waals surface area contributed by atoms with Gasteiger partial charge in [-0.15, -0.1) is 0 Å². The maximum absolute atomic E-state index is 12.0. The summed E-state index contributed by atoms with van der Waals surface area (Å²) < 4.78 is 24.5. The topological polar surface area (TPSA) is 66.5 Å². The van der Waals surface area contributed by atoms with Crippen LogP contribution in [0.25, 0.3) is 6.08 Å². The molecule has 1 aromatic carbocycles. The van der Waals surface area contributed by atoms with Gasteiger partial charge in [-0.25, -0.2) is 12.7 Å². The van der Waals surface area contributed by atoms with Crippen LogP contribution >= 0.6 is 23.2 Å². The lowest BCUT2D eigenvalue weighted by atomic mass is 10.1. The van der Waals surface area contributed by atoms with Crippen molar-refractivity contribution in [2.24, 2.45) is 0 Å². The Labute approximate surface area is 146 Å². The number of hydrogen-bond acceptors (Lipinski definition) is 3. The Morgan fingerprint density at radius 3 is 2.83 bits per heavy atom. The van der Waals surface area contributed by atoms with Crippen molar-refractivity contribution in [3.63, 3.8) is 0 Å². The van der Waals surface area contributed by atoms with E-state index in [-0.39, 0.29) is 11.9 Å². The van der Waals surface area contributed by atoms with E-state index in [1.165, 1.54) is 16.6 Å². The molecule has 0 aromatic heterocycles. The highest BCUT2D eigenvalue weighted by Gasteiger charge is 2.26. The fourth-order valence-electron chi connectivity index (χ4n) is 2.42. The van der Waals surface area contributed by atoms with E-state index in [0.29, 0.717) is 28.7 Å². The number of amides is 1. The van der Waals surface area contributed by atoms with Crippen molar-refractivity contribution in [3.05, 3.63) is 39.9 Å². The second-order valence-corrected chi connectivity index (χ2v) is 8.29. The molecule has 1 aromatic rings. The quantitative estimate of drug-likeness (QED) is 0.821. The molecule has 1 N–H and O–H groups in total. The van der Waals surface area contributed by atoms with Gasteiger partial charge in [0, 0.05) is 35.3 Å². The van der Waals surface area contributed by atoms with E-state index >= 15 is 0 Å². The Balaban J connectivity index is 1.96. The van der Waals surface area contributed by atoms with Gasteiger partial charge < -0.3 is 5.32 Å². The Morgan fingerprint density at radius 1 is 1.39 bits per heavy atom. The van der Waals surface area contributed by atoms with Gasteiger partial charge in [-0.1, -0.05) is 23.2 Å².